The summed E-state index contributed by atoms with van der Waals surface area (Å²) in [6.45, 7) is 6.51. The Kier molecular flexibility index (Phi) is 8.98. The lowest BCUT2D eigenvalue weighted by Crippen LogP contribution is -2.45. The van der Waals surface area contributed by atoms with Crippen LogP contribution < -0.4 is 5.32 Å². The van der Waals surface area contributed by atoms with Gasteiger partial charge in [0.15, 0.2) is 0 Å². The molecule has 0 saturated heterocycles. The second-order valence-electron chi connectivity index (χ2n) is 6.90. The molecule has 0 heterocycles. The van der Waals surface area contributed by atoms with Crippen molar-refractivity contribution in [2.24, 2.45) is 0 Å². The molecule has 164 valence electrons. The van der Waals surface area contributed by atoms with E-state index in [0.717, 1.165) is 24.0 Å². The number of benzene rings is 2. The molecule has 7 nitrogen and oxygen atoms in total. The number of hydrogen-bond acceptors (Lipinski definition) is 5. The Morgan fingerprint density at radius 1 is 1.03 bits per heavy atom. The molecule has 0 fully saturated rings. The summed E-state index contributed by atoms with van der Waals surface area (Å²) < 4.78 is 25.3. The molecule has 0 aliphatic rings. The van der Waals surface area contributed by atoms with E-state index in [2.05, 4.69) is 36.2 Å². The molecule has 1 N–H and O–H groups in total. The van der Waals surface area contributed by atoms with Gasteiger partial charge in [-0.25, -0.2) is 8.42 Å². The molecule has 1 atom stereocenters. The SMILES string of the molecule is CCN(CC)C(CNC(=O)c1ccc(S(=O)(=O)N(C)OC)cc1)Cc1ccccc1. The van der Waals surface area contributed by atoms with Crippen molar-refractivity contribution in [1.82, 2.24) is 14.7 Å². The van der Waals surface area contributed by atoms with Crippen LogP contribution in [0.4, 0.5) is 0 Å². The first-order valence-electron chi connectivity index (χ1n) is 10.0. The molecule has 0 aliphatic heterocycles. The summed E-state index contributed by atoms with van der Waals surface area (Å²) >= 11 is 0. The van der Waals surface area contributed by atoms with Crippen LogP contribution in [0.3, 0.4) is 0 Å². The Morgan fingerprint density at radius 3 is 2.17 bits per heavy atom. The average molecular weight is 434 g/mol. The number of rotatable bonds is 11. The second-order valence-corrected chi connectivity index (χ2v) is 8.83. The first-order chi connectivity index (χ1) is 14.3. The molecule has 2 aromatic rings. The molecule has 2 aromatic carbocycles. The zero-order chi connectivity index (χ0) is 22.1. The lowest BCUT2D eigenvalue weighted by atomic mass is 10.0. The van der Waals surface area contributed by atoms with Crippen molar-refractivity contribution in [3.05, 3.63) is 65.7 Å². The Labute approximate surface area is 179 Å². The van der Waals surface area contributed by atoms with E-state index in [0.29, 0.717) is 12.1 Å². The Hall–Kier alpha value is -2.26. The molecule has 0 bridgehead atoms. The zero-order valence-electron chi connectivity index (χ0n) is 18.0. The lowest BCUT2D eigenvalue weighted by Gasteiger charge is -2.30. The van der Waals surface area contributed by atoms with Crippen molar-refractivity contribution in [3.8, 4) is 0 Å². The highest BCUT2D eigenvalue weighted by Crippen LogP contribution is 2.15. The minimum absolute atomic E-state index is 0.0634. The van der Waals surface area contributed by atoms with Crippen molar-refractivity contribution < 1.29 is 18.0 Å². The van der Waals surface area contributed by atoms with Gasteiger partial charge in [0.25, 0.3) is 15.9 Å². The van der Waals surface area contributed by atoms with Gasteiger partial charge in [0, 0.05) is 25.2 Å². The molecule has 0 aromatic heterocycles. The minimum atomic E-state index is -3.74. The van der Waals surface area contributed by atoms with E-state index in [1.165, 1.54) is 44.0 Å². The Balaban J connectivity index is 2.07. The van der Waals surface area contributed by atoms with Gasteiger partial charge in [-0.05, 0) is 49.3 Å². The third-order valence-electron chi connectivity index (χ3n) is 5.15. The van der Waals surface area contributed by atoms with Crippen LogP contribution in [0, 0.1) is 0 Å². The number of amides is 1. The quantitative estimate of drug-likeness (QED) is 0.551. The molecule has 0 saturated carbocycles. The summed E-state index contributed by atoms with van der Waals surface area (Å²) in [5.41, 5.74) is 1.63. The first kappa shape index (κ1) is 24.0. The maximum Gasteiger partial charge on any atom is 0.264 e. The summed E-state index contributed by atoms with van der Waals surface area (Å²) in [5, 5.41) is 3.00. The molecule has 0 aliphatic carbocycles. The van der Waals surface area contributed by atoms with Gasteiger partial charge in [0.05, 0.1) is 12.0 Å². The Bertz CT molecular complexity index is 898. The third-order valence-corrected chi connectivity index (χ3v) is 6.85. The summed E-state index contributed by atoms with van der Waals surface area (Å²) in [7, 11) is -1.14. The first-order valence-corrected chi connectivity index (χ1v) is 11.5. The van der Waals surface area contributed by atoms with Crippen molar-refractivity contribution in [2.75, 3.05) is 33.8 Å². The smallest absolute Gasteiger partial charge is 0.264 e. The standard InChI is InChI=1S/C22H31N3O4S/c1-5-25(6-2)20(16-18-10-8-7-9-11-18)17-23-22(26)19-12-14-21(15-13-19)30(27,28)24(3)29-4/h7-15,20H,5-6,16-17H2,1-4H3,(H,23,26). The summed E-state index contributed by atoms with van der Waals surface area (Å²) in [4.78, 5) is 19.8. The van der Waals surface area contributed by atoms with E-state index >= 15 is 0 Å². The van der Waals surface area contributed by atoms with Gasteiger partial charge in [-0.1, -0.05) is 48.6 Å². The van der Waals surface area contributed by atoms with Gasteiger partial charge in [-0.2, -0.15) is 0 Å². The maximum absolute atomic E-state index is 12.6. The van der Waals surface area contributed by atoms with Crippen molar-refractivity contribution >= 4 is 15.9 Å². The van der Waals surface area contributed by atoms with E-state index in [1.807, 2.05) is 18.2 Å². The molecule has 0 radical (unpaired) electrons. The fourth-order valence-corrected chi connectivity index (χ4v) is 4.27. The number of carbonyl (C=O) groups excluding carboxylic acids is 1. The highest BCUT2D eigenvalue weighted by Gasteiger charge is 2.21. The number of hydroxylamine groups is 1. The highest BCUT2D eigenvalue weighted by atomic mass is 32.2. The van der Waals surface area contributed by atoms with E-state index < -0.39 is 10.0 Å². The molecule has 30 heavy (non-hydrogen) atoms. The molecular weight excluding hydrogens is 402 g/mol. The predicted octanol–water partition coefficient (Wildman–Crippen LogP) is 2.55. The third kappa shape index (κ3) is 6.12. The van der Waals surface area contributed by atoms with E-state index in [9.17, 15) is 13.2 Å². The van der Waals surface area contributed by atoms with Gasteiger partial charge in [-0.3, -0.25) is 14.5 Å². The number of hydrogen-bond donors (Lipinski definition) is 1. The van der Waals surface area contributed by atoms with Crippen LogP contribution in [0.1, 0.15) is 29.8 Å². The number of carbonyl (C=O) groups is 1. The summed E-state index contributed by atoms with van der Waals surface area (Å²) in [6.07, 6.45) is 0.837. The predicted molar refractivity (Wildman–Crippen MR) is 118 cm³/mol. The summed E-state index contributed by atoms with van der Waals surface area (Å²) in [6, 6.07) is 16.2. The molecule has 8 heteroatoms. The monoisotopic (exact) mass is 433 g/mol. The largest absolute Gasteiger partial charge is 0.350 e. The average Bonchev–Trinajstić information content (AvgIpc) is 2.78. The number of sulfonamides is 1. The van der Waals surface area contributed by atoms with Crippen LogP contribution in [0.2, 0.25) is 0 Å². The van der Waals surface area contributed by atoms with Gasteiger partial charge in [-0.15, -0.1) is 0 Å². The van der Waals surface area contributed by atoms with Gasteiger partial charge in [0.1, 0.15) is 0 Å². The Morgan fingerprint density at radius 2 is 1.63 bits per heavy atom. The van der Waals surface area contributed by atoms with E-state index in [4.69, 9.17) is 4.84 Å². The molecule has 2 rings (SSSR count). The number of likely N-dealkylation sites (N-methyl/N-ethyl adjacent to an activating group) is 1. The summed E-state index contributed by atoms with van der Waals surface area (Å²) in [5.74, 6) is -0.232. The number of nitrogens with zero attached hydrogens (tertiary/aromatic N) is 2. The topological polar surface area (TPSA) is 79.0 Å². The van der Waals surface area contributed by atoms with Crippen LogP contribution in [-0.4, -0.2) is 63.5 Å². The maximum atomic E-state index is 12.6. The lowest BCUT2D eigenvalue weighted by molar-refractivity contribution is -0.0258. The zero-order valence-corrected chi connectivity index (χ0v) is 18.9. The molecule has 0 spiro atoms. The second kappa shape index (κ2) is 11.2. The van der Waals surface area contributed by atoms with Crippen LogP contribution in [0.15, 0.2) is 59.5 Å². The van der Waals surface area contributed by atoms with Crippen LogP contribution in [-0.2, 0) is 21.3 Å². The van der Waals surface area contributed by atoms with E-state index in [1.54, 1.807) is 0 Å². The van der Waals surface area contributed by atoms with Crippen molar-refractivity contribution in [2.45, 2.75) is 31.2 Å². The fraction of sp³-hybridized carbons (Fsp3) is 0.409. The van der Waals surface area contributed by atoms with Crippen LogP contribution in [0.25, 0.3) is 0 Å². The molecular formula is C22H31N3O4S. The highest BCUT2D eigenvalue weighted by molar-refractivity contribution is 7.89. The van der Waals surface area contributed by atoms with Crippen LogP contribution in [0.5, 0.6) is 0 Å². The fourth-order valence-electron chi connectivity index (χ4n) is 3.29. The molecule has 1 unspecified atom stereocenters. The van der Waals surface area contributed by atoms with Gasteiger partial charge >= 0.3 is 0 Å². The van der Waals surface area contributed by atoms with Gasteiger partial charge < -0.3 is 5.32 Å². The van der Waals surface area contributed by atoms with E-state index in [-0.39, 0.29) is 16.8 Å². The van der Waals surface area contributed by atoms with Crippen LogP contribution >= 0.6 is 0 Å². The molecule has 1 amide bonds. The van der Waals surface area contributed by atoms with Gasteiger partial charge in [0.2, 0.25) is 0 Å². The minimum Gasteiger partial charge on any atom is -0.350 e. The normalized spacial score (nSPS) is 12.9. The van der Waals surface area contributed by atoms with Crippen molar-refractivity contribution in [1.29, 1.82) is 0 Å². The number of nitrogens with one attached hydrogen (secondary N) is 1. The van der Waals surface area contributed by atoms with Crippen molar-refractivity contribution in [3.63, 3.8) is 0 Å².